The van der Waals surface area contributed by atoms with Crippen LogP contribution in [0.1, 0.15) is 16.8 Å². The average Bonchev–Trinajstić information content (AvgIpc) is 2.82. The van der Waals surface area contributed by atoms with Crippen molar-refractivity contribution in [3.05, 3.63) is 75.6 Å². The van der Waals surface area contributed by atoms with Crippen LogP contribution in [0.15, 0.2) is 58.7 Å². The van der Waals surface area contributed by atoms with Crippen molar-refractivity contribution in [2.75, 3.05) is 17.3 Å². The number of hydrazone groups is 1. The number of pyridine rings is 1. The van der Waals surface area contributed by atoms with E-state index in [1.807, 2.05) is 0 Å². The molecule has 2 aromatic carbocycles. The van der Waals surface area contributed by atoms with E-state index in [-0.39, 0.29) is 27.6 Å². The van der Waals surface area contributed by atoms with Gasteiger partial charge in [-0.05, 0) is 43.3 Å². The molecule has 0 amide bonds. The van der Waals surface area contributed by atoms with Crippen molar-refractivity contribution in [2.24, 2.45) is 5.10 Å². The number of hydrogen-bond donors (Lipinski definition) is 4. The zero-order valence-electron chi connectivity index (χ0n) is 18.1. The normalized spacial score (nSPS) is 11.4. The minimum Gasteiger partial charge on any atom is -0.505 e. The van der Waals surface area contributed by atoms with Crippen molar-refractivity contribution < 1.29 is 28.3 Å². The van der Waals surface area contributed by atoms with E-state index in [4.69, 9.17) is 4.74 Å². The number of nitrogens with zero attached hydrogens (tertiary/aromatic N) is 3. The topological polar surface area (TPSA) is 176 Å². The number of aromatic nitrogens is 1. The highest BCUT2D eigenvalue weighted by atomic mass is 32.2. The predicted molar refractivity (Wildman–Crippen MR) is 125 cm³/mol. The van der Waals surface area contributed by atoms with Crippen LogP contribution in [-0.4, -0.2) is 41.9 Å². The van der Waals surface area contributed by atoms with Gasteiger partial charge in [-0.15, -0.1) is 0 Å². The third-order valence-electron chi connectivity index (χ3n) is 4.73. The predicted octanol–water partition coefficient (Wildman–Crippen LogP) is 2.75. The minimum atomic E-state index is -4.12. The number of aryl methyl sites for hydroxylation is 1. The molecule has 0 radical (unpaired) electrons. The van der Waals surface area contributed by atoms with E-state index >= 15 is 0 Å². The maximum absolute atomic E-state index is 12.7. The summed E-state index contributed by atoms with van der Waals surface area (Å²) in [6, 6.07) is 9.40. The molecule has 3 aromatic rings. The molecule has 0 atom stereocenters. The number of rotatable bonds is 9. The highest BCUT2D eigenvalue weighted by molar-refractivity contribution is 7.92. The number of nitro groups is 1. The molecule has 0 aliphatic heterocycles. The number of aliphatic hydroxyl groups excluding tert-OH is 1. The number of sulfonamides is 1. The summed E-state index contributed by atoms with van der Waals surface area (Å²) in [6.45, 7) is 1.15. The van der Waals surface area contributed by atoms with Gasteiger partial charge in [-0.3, -0.25) is 25.2 Å². The summed E-state index contributed by atoms with van der Waals surface area (Å²) in [7, 11) is -2.64. The van der Waals surface area contributed by atoms with Gasteiger partial charge in [0.05, 0.1) is 35.4 Å². The van der Waals surface area contributed by atoms with Crippen LogP contribution in [0.3, 0.4) is 0 Å². The van der Waals surface area contributed by atoms with Gasteiger partial charge in [0.1, 0.15) is 17.2 Å². The molecular weight excluding hydrogens is 466 g/mol. The Kier molecular flexibility index (Phi) is 7.28. The van der Waals surface area contributed by atoms with Crippen LogP contribution in [0.2, 0.25) is 0 Å². The molecule has 34 heavy (non-hydrogen) atoms. The Bertz CT molecular complexity index is 1340. The largest absolute Gasteiger partial charge is 0.505 e. The lowest BCUT2D eigenvalue weighted by Gasteiger charge is -2.10. The first kappa shape index (κ1) is 24.4. The third kappa shape index (κ3) is 5.39. The molecule has 0 bridgehead atoms. The molecular formula is C21H21N5O7S. The van der Waals surface area contributed by atoms with Gasteiger partial charge in [-0.25, -0.2) is 8.42 Å². The first-order chi connectivity index (χ1) is 16.2. The Labute approximate surface area is 194 Å². The summed E-state index contributed by atoms with van der Waals surface area (Å²) in [5.41, 5.74) is 2.90. The van der Waals surface area contributed by atoms with Crippen LogP contribution >= 0.6 is 0 Å². The molecule has 4 N–H and O–H groups in total. The lowest BCUT2D eigenvalue weighted by molar-refractivity contribution is -0.384. The van der Waals surface area contributed by atoms with Crippen LogP contribution in [0.4, 0.5) is 17.1 Å². The molecule has 178 valence electrons. The number of aliphatic hydroxyl groups is 1. The van der Waals surface area contributed by atoms with Crippen LogP contribution in [-0.2, 0) is 16.6 Å². The second-order valence-corrected chi connectivity index (χ2v) is 8.61. The van der Waals surface area contributed by atoms with Gasteiger partial charge in [-0.1, -0.05) is 0 Å². The first-order valence-corrected chi connectivity index (χ1v) is 11.2. The van der Waals surface area contributed by atoms with Gasteiger partial charge < -0.3 is 14.9 Å². The molecule has 0 saturated carbocycles. The van der Waals surface area contributed by atoms with Crippen LogP contribution in [0.5, 0.6) is 11.5 Å². The minimum absolute atomic E-state index is 0.0829. The summed E-state index contributed by atoms with van der Waals surface area (Å²) in [4.78, 5) is 14.4. The van der Waals surface area contributed by atoms with Crippen LogP contribution in [0, 0.1) is 17.0 Å². The number of anilines is 2. The molecule has 1 aromatic heterocycles. The molecule has 12 nitrogen and oxygen atoms in total. The number of aromatic hydroxyl groups is 1. The van der Waals surface area contributed by atoms with Gasteiger partial charge in [0, 0.05) is 29.1 Å². The summed E-state index contributed by atoms with van der Waals surface area (Å²) in [6.07, 6.45) is 2.55. The van der Waals surface area contributed by atoms with E-state index < -0.39 is 27.2 Å². The Balaban J connectivity index is 1.86. The van der Waals surface area contributed by atoms with Gasteiger partial charge in [0.25, 0.3) is 15.7 Å². The number of benzene rings is 2. The van der Waals surface area contributed by atoms with Crippen molar-refractivity contribution in [3.63, 3.8) is 0 Å². The van der Waals surface area contributed by atoms with Crippen LogP contribution in [0.25, 0.3) is 0 Å². The van der Waals surface area contributed by atoms with Crippen molar-refractivity contribution in [1.82, 2.24) is 4.98 Å². The first-order valence-electron chi connectivity index (χ1n) is 9.69. The summed E-state index contributed by atoms with van der Waals surface area (Å²) in [5.74, 6) is 0.341. The Morgan fingerprint density at radius 3 is 2.56 bits per heavy atom. The van der Waals surface area contributed by atoms with Crippen molar-refractivity contribution in [3.8, 4) is 11.5 Å². The van der Waals surface area contributed by atoms with E-state index in [0.717, 1.165) is 6.07 Å². The van der Waals surface area contributed by atoms with Gasteiger partial charge in [-0.2, -0.15) is 5.10 Å². The zero-order valence-corrected chi connectivity index (χ0v) is 18.9. The molecule has 0 aliphatic carbocycles. The standard InChI is InChI=1S/C21H21N5O7S/c1-13-21(28)18(14(12-27)10-22-13)11-23-24-19-8-7-17(9-20(19)26(29)30)34(31,32)25-15-3-5-16(33-2)6-4-15/h3-11,24-25,27-28H,12H2,1-2H3. The van der Waals surface area contributed by atoms with Crippen molar-refractivity contribution >= 4 is 33.3 Å². The van der Waals surface area contributed by atoms with Gasteiger partial charge >= 0.3 is 0 Å². The average molecular weight is 487 g/mol. The van der Waals surface area contributed by atoms with E-state index in [0.29, 0.717) is 17.0 Å². The fourth-order valence-electron chi connectivity index (χ4n) is 2.89. The molecule has 1 heterocycles. The monoisotopic (exact) mass is 487 g/mol. The maximum atomic E-state index is 12.7. The number of methoxy groups -OCH3 is 1. The van der Waals surface area contributed by atoms with E-state index in [9.17, 15) is 28.7 Å². The molecule has 0 spiro atoms. The SMILES string of the molecule is COc1ccc(NS(=O)(=O)c2ccc(NN=Cc3c(CO)cnc(C)c3O)c([N+](=O)[O-])c2)cc1. The lowest BCUT2D eigenvalue weighted by atomic mass is 10.1. The van der Waals surface area contributed by atoms with Gasteiger partial charge in [0.15, 0.2) is 0 Å². The number of nitro benzene ring substituents is 1. The molecule has 13 heteroatoms. The fourth-order valence-corrected chi connectivity index (χ4v) is 3.96. The van der Waals surface area contributed by atoms with Crippen molar-refractivity contribution in [2.45, 2.75) is 18.4 Å². The highest BCUT2D eigenvalue weighted by Crippen LogP contribution is 2.29. The third-order valence-corrected chi connectivity index (χ3v) is 6.10. The smallest absolute Gasteiger partial charge is 0.295 e. The fraction of sp³-hybridized carbons (Fsp3) is 0.143. The Morgan fingerprint density at radius 1 is 1.24 bits per heavy atom. The maximum Gasteiger partial charge on any atom is 0.295 e. The summed E-state index contributed by atoms with van der Waals surface area (Å²) >= 11 is 0. The highest BCUT2D eigenvalue weighted by Gasteiger charge is 2.22. The second kappa shape index (κ2) is 10.1. The zero-order chi connectivity index (χ0) is 24.9. The van der Waals surface area contributed by atoms with E-state index in [1.54, 1.807) is 19.1 Å². The number of hydrogen-bond acceptors (Lipinski definition) is 10. The molecule has 0 unspecified atom stereocenters. The number of nitrogens with one attached hydrogen (secondary N) is 2. The summed E-state index contributed by atoms with van der Waals surface area (Å²) < 4.78 is 32.8. The van der Waals surface area contributed by atoms with Crippen LogP contribution < -0.4 is 14.9 Å². The molecule has 0 aliphatic rings. The molecule has 0 fully saturated rings. The lowest BCUT2D eigenvalue weighted by Crippen LogP contribution is -2.13. The molecule has 3 rings (SSSR count). The molecule has 0 saturated heterocycles. The van der Waals surface area contributed by atoms with E-state index in [1.165, 1.54) is 43.8 Å². The van der Waals surface area contributed by atoms with E-state index in [2.05, 4.69) is 20.2 Å². The van der Waals surface area contributed by atoms with Crippen molar-refractivity contribution in [1.29, 1.82) is 0 Å². The van der Waals surface area contributed by atoms with Gasteiger partial charge in [0.2, 0.25) is 0 Å². The second-order valence-electron chi connectivity index (χ2n) is 6.93. The number of ether oxygens (including phenoxy) is 1. The quantitative estimate of drug-likeness (QED) is 0.201. The Hall–Kier alpha value is -4.23. The summed E-state index contributed by atoms with van der Waals surface area (Å²) in [5, 5.41) is 35.0. The Morgan fingerprint density at radius 2 is 1.94 bits per heavy atom.